The van der Waals surface area contributed by atoms with Gasteiger partial charge in [-0.25, -0.2) is 4.79 Å². The molecule has 20 heavy (non-hydrogen) atoms. The summed E-state index contributed by atoms with van der Waals surface area (Å²) in [6, 6.07) is 8.14. The van der Waals surface area contributed by atoms with Crippen LogP contribution >= 0.6 is 0 Å². The molecule has 0 fully saturated rings. The zero-order valence-corrected chi connectivity index (χ0v) is 12.3. The van der Waals surface area contributed by atoms with Crippen LogP contribution in [0.5, 0.6) is 0 Å². The van der Waals surface area contributed by atoms with Gasteiger partial charge in [-0.15, -0.1) is 0 Å². The van der Waals surface area contributed by atoms with Gasteiger partial charge >= 0.3 is 6.09 Å². The van der Waals surface area contributed by atoms with E-state index < -0.39 is 5.60 Å². The van der Waals surface area contributed by atoms with Gasteiger partial charge in [0.25, 0.3) is 0 Å². The minimum atomic E-state index is -0.456. The van der Waals surface area contributed by atoms with E-state index in [1.807, 2.05) is 45.0 Å². The van der Waals surface area contributed by atoms with E-state index in [-0.39, 0.29) is 6.09 Å². The molecule has 108 valence electrons. The van der Waals surface area contributed by atoms with Gasteiger partial charge in [0.05, 0.1) is 0 Å². The summed E-state index contributed by atoms with van der Waals surface area (Å²) in [4.78, 5) is 13.7. The van der Waals surface area contributed by atoms with Crippen molar-refractivity contribution in [2.75, 3.05) is 13.1 Å². The average Bonchev–Trinajstić information content (AvgIpc) is 2.86. The summed E-state index contributed by atoms with van der Waals surface area (Å²) in [5, 5.41) is 0. The summed E-state index contributed by atoms with van der Waals surface area (Å²) < 4.78 is 5.38. The largest absolute Gasteiger partial charge is 0.444 e. The van der Waals surface area contributed by atoms with Crippen LogP contribution in [0.4, 0.5) is 4.79 Å². The van der Waals surface area contributed by atoms with Crippen molar-refractivity contribution in [3.8, 4) is 0 Å². The summed E-state index contributed by atoms with van der Waals surface area (Å²) in [6.45, 7) is 7.37. The van der Waals surface area contributed by atoms with Gasteiger partial charge in [0, 0.05) is 19.6 Å². The number of hydrogen-bond acceptors (Lipinski definition) is 3. The minimum absolute atomic E-state index is 0.262. The number of nitrogens with two attached hydrogens (primary N) is 1. The highest BCUT2D eigenvalue weighted by atomic mass is 16.6. The van der Waals surface area contributed by atoms with Crippen LogP contribution in [0.15, 0.2) is 30.3 Å². The fraction of sp³-hybridized carbons (Fsp3) is 0.438. The van der Waals surface area contributed by atoms with Crippen LogP contribution in [-0.2, 0) is 11.3 Å². The Morgan fingerprint density at radius 1 is 1.30 bits per heavy atom. The number of hydrogen-bond donors (Lipinski definition) is 1. The summed E-state index contributed by atoms with van der Waals surface area (Å²) in [6.07, 6.45) is 1.81. The van der Waals surface area contributed by atoms with Crippen molar-refractivity contribution < 1.29 is 9.53 Å². The van der Waals surface area contributed by atoms with Crippen molar-refractivity contribution in [1.82, 2.24) is 4.90 Å². The highest BCUT2D eigenvalue weighted by Gasteiger charge is 2.25. The van der Waals surface area contributed by atoms with Gasteiger partial charge in [0.15, 0.2) is 0 Å². The zero-order chi connectivity index (χ0) is 14.8. The fourth-order valence-corrected chi connectivity index (χ4v) is 2.08. The van der Waals surface area contributed by atoms with Gasteiger partial charge in [-0.05, 0) is 37.5 Å². The van der Waals surface area contributed by atoms with E-state index in [0.717, 1.165) is 16.7 Å². The van der Waals surface area contributed by atoms with Crippen LogP contribution < -0.4 is 5.73 Å². The molecule has 0 aliphatic carbocycles. The van der Waals surface area contributed by atoms with Crippen LogP contribution in [0, 0.1) is 0 Å². The number of ether oxygens (including phenoxy) is 1. The zero-order valence-electron chi connectivity index (χ0n) is 12.3. The maximum Gasteiger partial charge on any atom is 0.410 e. The van der Waals surface area contributed by atoms with E-state index in [4.69, 9.17) is 10.5 Å². The fourth-order valence-electron chi connectivity index (χ4n) is 2.08. The molecule has 0 unspecified atom stereocenters. The van der Waals surface area contributed by atoms with Crippen LogP contribution in [0.25, 0.3) is 5.57 Å². The molecule has 0 bridgehead atoms. The van der Waals surface area contributed by atoms with Crippen LogP contribution in [-0.4, -0.2) is 29.7 Å². The standard InChI is InChI=1S/C16H22N2O2/c1-16(2,3)20-15(19)18-9-8-14(11-18)13-6-4-12(10-17)5-7-13/h4-8H,9-11,17H2,1-3H3. The van der Waals surface area contributed by atoms with Crippen LogP contribution in [0.2, 0.25) is 0 Å². The average molecular weight is 274 g/mol. The van der Waals surface area contributed by atoms with E-state index in [2.05, 4.69) is 6.08 Å². The molecule has 1 aromatic rings. The molecule has 0 radical (unpaired) electrons. The monoisotopic (exact) mass is 274 g/mol. The Kier molecular flexibility index (Phi) is 4.14. The van der Waals surface area contributed by atoms with E-state index in [0.29, 0.717) is 19.6 Å². The molecule has 0 atom stereocenters. The maximum absolute atomic E-state index is 12.0. The molecule has 0 aromatic heterocycles. The third-order valence-electron chi connectivity index (χ3n) is 3.13. The first-order chi connectivity index (χ1) is 9.39. The predicted octanol–water partition coefficient (Wildman–Crippen LogP) is 2.78. The second-order valence-corrected chi connectivity index (χ2v) is 5.99. The van der Waals surface area contributed by atoms with Gasteiger partial charge < -0.3 is 15.4 Å². The van der Waals surface area contributed by atoms with Crippen molar-refractivity contribution >= 4 is 11.7 Å². The minimum Gasteiger partial charge on any atom is -0.444 e. The van der Waals surface area contributed by atoms with Crippen molar-refractivity contribution in [3.05, 3.63) is 41.5 Å². The number of rotatable bonds is 2. The molecule has 2 rings (SSSR count). The van der Waals surface area contributed by atoms with Gasteiger partial charge in [-0.3, -0.25) is 0 Å². The molecule has 1 amide bonds. The predicted molar refractivity (Wildman–Crippen MR) is 80.1 cm³/mol. The smallest absolute Gasteiger partial charge is 0.410 e. The first-order valence-corrected chi connectivity index (χ1v) is 6.85. The molecule has 0 saturated carbocycles. The van der Waals surface area contributed by atoms with Crippen LogP contribution in [0.3, 0.4) is 0 Å². The Bertz CT molecular complexity index is 512. The van der Waals surface area contributed by atoms with Gasteiger partial charge in [-0.1, -0.05) is 30.3 Å². The summed E-state index contributed by atoms with van der Waals surface area (Å²) in [5.74, 6) is 0. The van der Waals surface area contributed by atoms with E-state index in [1.165, 1.54) is 0 Å². The number of nitrogens with zero attached hydrogens (tertiary/aromatic N) is 1. The number of carbonyl (C=O) groups is 1. The Morgan fingerprint density at radius 3 is 2.50 bits per heavy atom. The Morgan fingerprint density at radius 2 is 1.95 bits per heavy atom. The number of amides is 1. The van der Waals surface area contributed by atoms with Gasteiger partial charge in [0.2, 0.25) is 0 Å². The molecule has 0 saturated heterocycles. The van der Waals surface area contributed by atoms with E-state index in [9.17, 15) is 4.79 Å². The topological polar surface area (TPSA) is 55.6 Å². The third kappa shape index (κ3) is 3.61. The first kappa shape index (κ1) is 14.6. The molecular weight excluding hydrogens is 252 g/mol. The Labute approximate surface area is 120 Å². The van der Waals surface area contributed by atoms with Crippen LogP contribution in [0.1, 0.15) is 31.9 Å². The lowest BCUT2D eigenvalue weighted by Gasteiger charge is -2.24. The van der Waals surface area contributed by atoms with Crippen molar-refractivity contribution in [1.29, 1.82) is 0 Å². The van der Waals surface area contributed by atoms with Gasteiger partial charge in [-0.2, -0.15) is 0 Å². The normalized spacial score (nSPS) is 15.2. The summed E-state index contributed by atoms with van der Waals surface area (Å²) >= 11 is 0. The third-order valence-corrected chi connectivity index (χ3v) is 3.13. The second kappa shape index (κ2) is 5.67. The quantitative estimate of drug-likeness (QED) is 0.902. The van der Waals surface area contributed by atoms with Crippen molar-refractivity contribution in [2.45, 2.75) is 32.9 Å². The highest BCUT2D eigenvalue weighted by molar-refractivity contribution is 5.77. The molecule has 0 spiro atoms. The molecular formula is C16H22N2O2. The molecule has 4 nitrogen and oxygen atoms in total. The van der Waals surface area contributed by atoms with E-state index in [1.54, 1.807) is 4.90 Å². The lowest BCUT2D eigenvalue weighted by Crippen LogP contribution is -2.35. The number of benzene rings is 1. The molecule has 1 aromatic carbocycles. The maximum atomic E-state index is 12.0. The molecule has 1 heterocycles. The molecule has 1 aliphatic heterocycles. The summed E-state index contributed by atoms with van der Waals surface area (Å²) in [7, 11) is 0. The van der Waals surface area contributed by atoms with Gasteiger partial charge in [0.1, 0.15) is 5.60 Å². The lowest BCUT2D eigenvalue weighted by molar-refractivity contribution is 0.0306. The Balaban J connectivity index is 1.99. The SMILES string of the molecule is CC(C)(C)OC(=O)N1CC=C(c2ccc(CN)cc2)C1. The molecule has 1 aliphatic rings. The number of carbonyl (C=O) groups excluding carboxylic acids is 1. The highest BCUT2D eigenvalue weighted by Crippen LogP contribution is 2.23. The first-order valence-electron chi connectivity index (χ1n) is 6.85. The van der Waals surface area contributed by atoms with Crippen molar-refractivity contribution in [2.24, 2.45) is 5.73 Å². The van der Waals surface area contributed by atoms with Crippen molar-refractivity contribution in [3.63, 3.8) is 0 Å². The van der Waals surface area contributed by atoms with E-state index >= 15 is 0 Å². The molecule has 4 heteroatoms. The lowest BCUT2D eigenvalue weighted by atomic mass is 10.1. The molecule has 2 N–H and O–H groups in total. The summed E-state index contributed by atoms with van der Waals surface area (Å²) in [5.41, 5.74) is 8.53. The second-order valence-electron chi connectivity index (χ2n) is 5.99. The Hall–Kier alpha value is -1.81.